The molecule has 24 heavy (non-hydrogen) atoms. The number of hydrogen-bond donors (Lipinski definition) is 1. The minimum Gasteiger partial charge on any atom is -0.464 e. The van der Waals surface area contributed by atoms with E-state index in [9.17, 15) is 19.1 Å². The van der Waals surface area contributed by atoms with Gasteiger partial charge in [0.15, 0.2) is 6.10 Å². The van der Waals surface area contributed by atoms with Crippen molar-refractivity contribution < 1.29 is 23.8 Å². The van der Waals surface area contributed by atoms with Crippen LogP contribution in [-0.4, -0.2) is 22.2 Å². The zero-order chi connectivity index (χ0) is 17.4. The average molecular weight is 370 g/mol. The number of halogens is 3. The van der Waals surface area contributed by atoms with E-state index in [0.29, 0.717) is 15.5 Å². The van der Waals surface area contributed by atoms with Gasteiger partial charge in [0.1, 0.15) is 11.9 Å². The van der Waals surface area contributed by atoms with E-state index < -0.39 is 30.1 Å². The van der Waals surface area contributed by atoms with Crippen LogP contribution in [0, 0.1) is 5.82 Å². The summed E-state index contributed by atoms with van der Waals surface area (Å²) in [7, 11) is 0. The predicted molar refractivity (Wildman–Crippen MR) is 84.7 cm³/mol. The third kappa shape index (κ3) is 2.90. The number of imide groups is 1. The first-order chi connectivity index (χ1) is 11.4. The fourth-order valence-electron chi connectivity index (χ4n) is 2.65. The number of rotatable bonds is 2. The molecular formula is C16H10Cl2FNO4. The molecule has 8 heteroatoms. The van der Waals surface area contributed by atoms with E-state index in [1.54, 1.807) is 18.2 Å². The van der Waals surface area contributed by atoms with Gasteiger partial charge < -0.3 is 9.84 Å². The fourth-order valence-corrected chi connectivity index (χ4v) is 3.01. The molecule has 2 aromatic rings. The van der Waals surface area contributed by atoms with Gasteiger partial charge in [0, 0.05) is 15.6 Å². The van der Waals surface area contributed by atoms with Crippen LogP contribution in [0.5, 0.6) is 0 Å². The quantitative estimate of drug-likeness (QED) is 0.804. The van der Waals surface area contributed by atoms with Crippen LogP contribution >= 0.6 is 23.2 Å². The largest absolute Gasteiger partial charge is 0.464 e. The number of nitrogens with zero attached hydrogens (tertiary/aromatic N) is 1. The van der Waals surface area contributed by atoms with Crippen LogP contribution in [0.1, 0.15) is 23.3 Å². The summed E-state index contributed by atoms with van der Waals surface area (Å²) in [6, 6.07) is 9.01. The van der Waals surface area contributed by atoms with Gasteiger partial charge >= 0.3 is 12.2 Å². The molecule has 2 aromatic carbocycles. The highest BCUT2D eigenvalue weighted by Gasteiger charge is 2.48. The molecule has 1 saturated heterocycles. The maximum atomic E-state index is 14.3. The Labute approximate surface area is 146 Å². The van der Waals surface area contributed by atoms with E-state index in [0.717, 1.165) is 6.07 Å². The van der Waals surface area contributed by atoms with Crippen LogP contribution in [0.15, 0.2) is 42.5 Å². The van der Waals surface area contributed by atoms with Crippen molar-refractivity contribution in [3.8, 4) is 0 Å². The summed E-state index contributed by atoms with van der Waals surface area (Å²) < 4.78 is 19.5. The molecule has 1 heterocycles. The second-order valence-electron chi connectivity index (χ2n) is 5.12. The van der Waals surface area contributed by atoms with Crippen molar-refractivity contribution in [3.05, 3.63) is 69.5 Å². The van der Waals surface area contributed by atoms with Gasteiger partial charge in [-0.2, -0.15) is 0 Å². The fraction of sp³-hybridized carbons (Fsp3) is 0.125. The van der Waals surface area contributed by atoms with Crippen molar-refractivity contribution in [1.82, 2.24) is 4.90 Å². The summed E-state index contributed by atoms with van der Waals surface area (Å²) in [5, 5.41) is 9.87. The number of benzene rings is 2. The van der Waals surface area contributed by atoms with E-state index in [4.69, 9.17) is 27.9 Å². The minimum atomic E-state index is -1.54. The van der Waals surface area contributed by atoms with Gasteiger partial charge in [0.2, 0.25) is 0 Å². The van der Waals surface area contributed by atoms with Crippen molar-refractivity contribution in [2.75, 3.05) is 0 Å². The Hall–Kier alpha value is -2.31. The highest BCUT2D eigenvalue weighted by molar-refractivity contribution is 6.30. The first-order valence-electron chi connectivity index (χ1n) is 6.81. The molecular weight excluding hydrogens is 360 g/mol. The molecule has 0 spiro atoms. The molecule has 0 radical (unpaired) electrons. The molecule has 5 nitrogen and oxygen atoms in total. The lowest BCUT2D eigenvalue weighted by atomic mass is 9.95. The zero-order valence-corrected chi connectivity index (χ0v) is 13.5. The van der Waals surface area contributed by atoms with Gasteiger partial charge in [0.05, 0.1) is 0 Å². The van der Waals surface area contributed by atoms with Crippen LogP contribution in [0.25, 0.3) is 0 Å². The summed E-state index contributed by atoms with van der Waals surface area (Å²) in [5.41, 5.74) is 0.441. The third-order valence-corrected chi connectivity index (χ3v) is 4.12. The Kier molecular flexibility index (Phi) is 4.34. The maximum Gasteiger partial charge on any atom is 0.420 e. The molecule has 0 aliphatic carbocycles. The standard InChI is InChI=1S/C16H10Cl2FNO4/c17-9-3-1-2-8(6-9)14-13(20(15(21)22)16(23)24-14)11-5-4-10(18)7-12(11)19/h1-7,13-14H,(H,21,22). The molecule has 2 unspecified atom stereocenters. The number of carbonyl (C=O) groups is 2. The number of ether oxygens (including phenoxy) is 1. The molecule has 0 bridgehead atoms. The number of amides is 2. The Morgan fingerprint density at radius 3 is 2.50 bits per heavy atom. The molecule has 1 N–H and O–H groups in total. The molecule has 3 rings (SSSR count). The normalized spacial score (nSPS) is 20.1. The van der Waals surface area contributed by atoms with Crippen molar-refractivity contribution in [2.24, 2.45) is 0 Å². The lowest BCUT2D eigenvalue weighted by Crippen LogP contribution is -2.33. The molecule has 2 amide bonds. The first-order valence-corrected chi connectivity index (χ1v) is 7.57. The Balaban J connectivity index is 2.14. The summed E-state index contributed by atoms with van der Waals surface area (Å²) in [4.78, 5) is 23.9. The number of cyclic esters (lactones) is 1. The SMILES string of the molecule is O=C(O)N1C(=O)OC(c2cccc(Cl)c2)C1c1ccc(Cl)cc1F. The minimum absolute atomic E-state index is 0.0161. The molecule has 0 aromatic heterocycles. The molecule has 1 aliphatic heterocycles. The highest BCUT2D eigenvalue weighted by atomic mass is 35.5. The van der Waals surface area contributed by atoms with Crippen molar-refractivity contribution in [1.29, 1.82) is 0 Å². The zero-order valence-electron chi connectivity index (χ0n) is 11.9. The van der Waals surface area contributed by atoms with E-state index in [1.807, 2.05) is 0 Å². The van der Waals surface area contributed by atoms with Crippen LogP contribution in [-0.2, 0) is 4.74 Å². The van der Waals surface area contributed by atoms with Crippen LogP contribution < -0.4 is 0 Å². The highest BCUT2D eigenvalue weighted by Crippen LogP contribution is 2.44. The number of hydrogen-bond acceptors (Lipinski definition) is 3. The smallest absolute Gasteiger partial charge is 0.420 e. The molecule has 0 saturated carbocycles. The van der Waals surface area contributed by atoms with Crippen molar-refractivity contribution in [2.45, 2.75) is 12.1 Å². The van der Waals surface area contributed by atoms with Crippen molar-refractivity contribution >= 4 is 35.4 Å². The lowest BCUT2D eigenvalue weighted by molar-refractivity contribution is 0.127. The molecule has 1 fully saturated rings. The van der Waals surface area contributed by atoms with Crippen LogP contribution in [0.2, 0.25) is 10.0 Å². The first kappa shape index (κ1) is 16.5. The second kappa shape index (κ2) is 6.30. The van der Waals surface area contributed by atoms with Gasteiger partial charge in [-0.25, -0.2) is 18.9 Å². The topological polar surface area (TPSA) is 66.8 Å². The van der Waals surface area contributed by atoms with Gasteiger partial charge in [-0.3, -0.25) is 0 Å². The van der Waals surface area contributed by atoms with E-state index in [-0.39, 0.29) is 10.6 Å². The van der Waals surface area contributed by atoms with Gasteiger partial charge in [-0.1, -0.05) is 41.4 Å². The molecule has 2 atom stereocenters. The van der Waals surface area contributed by atoms with Gasteiger partial charge in [-0.15, -0.1) is 0 Å². The van der Waals surface area contributed by atoms with E-state index in [1.165, 1.54) is 18.2 Å². The molecule has 1 aliphatic rings. The van der Waals surface area contributed by atoms with E-state index in [2.05, 4.69) is 0 Å². The Morgan fingerprint density at radius 2 is 1.88 bits per heavy atom. The average Bonchev–Trinajstić information content (AvgIpc) is 2.84. The second-order valence-corrected chi connectivity index (χ2v) is 6.00. The number of carbonyl (C=O) groups excluding carboxylic acids is 1. The summed E-state index contributed by atoms with van der Waals surface area (Å²) in [6.07, 6.45) is -3.64. The predicted octanol–water partition coefficient (Wildman–Crippen LogP) is 5.05. The van der Waals surface area contributed by atoms with Gasteiger partial charge in [-0.05, 0) is 29.8 Å². The lowest BCUT2D eigenvalue weighted by Gasteiger charge is -2.22. The number of carboxylic acid groups (broad SMARTS) is 1. The maximum absolute atomic E-state index is 14.3. The molecule has 124 valence electrons. The van der Waals surface area contributed by atoms with E-state index >= 15 is 0 Å². The third-order valence-electron chi connectivity index (χ3n) is 3.65. The van der Waals surface area contributed by atoms with Crippen molar-refractivity contribution in [3.63, 3.8) is 0 Å². The monoisotopic (exact) mass is 369 g/mol. The van der Waals surface area contributed by atoms with Crippen LogP contribution in [0.3, 0.4) is 0 Å². The summed E-state index contributed by atoms with van der Waals surface area (Å²) in [5.74, 6) is -0.732. The summed E-state index contributed by atoms with van der Waals surface area (Å²) >= 11 is 11.7. The Morgan fingerprint density at radius 1 is 1.17 bits per heavy atom. The van der Waals surface area contributed by atoms with Gasteiger partial charge in [0.25, 0.3) is 0 Å². The summed E-state index contributed by atoms with van der Waals surface area (Å²) in [6.45, 7) is 0. The Bertz CT molecular complexity index is 829. The van der Waals surface area contributed by atoms with Crippen LogP contribution in [0.4, 0.5) is 14.0 Å².